The van der Waals surface area contributed by atoms with Crippen molar-refractivity contribution in [2.24, 2.45) is 57.4 Å². The minimum atomic E-state index is -3.91. The molecule has 4 fully saturated rings. The van der Waals surface area contributed by atoms with E-state index in [-0.39, 0.29) is 22.3 Å². The number of aliphatic hydroxyl groups excluding tert-OH is 1. The number of hydrazone groups is 1. The van der Waals surface area contributed by atoms with Gasteiger partial charge in [-0.1, -0.05) is 78.1 Å². The van der Waals surface area contributed by atoms with Gasteiger partial charge in [0.15, 0.2) is 0 Å². The number of rotatable bonds is 9. The van der Waals surface area contributed by atoms with Gasteiger partial charge in [-0.15, -0.1) is 0 Å². The zero-order valence-electron chi connectivity index (χ0n) is 29.4. The van der Waals surface area contributed by atoms with Crippen LogP contribution in [-0.4, -0.2) is 39.4 Å². The monoisotopic (exact) mass is 649 g/mol. The Morgan fingerprint density at radius 2 is 1.63 bits per heavy atom. The van der Waals surface area contributed by atoms with E-state index in [1.807, 2.05) is 49.3 Å². The Balaban J connectivity index is 1.30. The zero-order chi connectivity index (χ0) is 33.0. The standard InChI is InChI=1S/C39H59N3O3S/c1-25(2)11-8-12-26(3)31-17-18-32-30-24-35(34-23-27(43)19-21-39(34,5)33(30)20-22-38(31,32)4)40-41-46(44,45)37-16-10-13-28-29(37)14-9-15-36(28)42(6)7/h9-10,13-16,25-27,30-34,41,43H,8,11-12,17-24H2,1-7H3/b40-35-. The van der Waals surface area contributed by atoms with Crippen LogP contribution in [-0.2, 0) is 10.0 Å². The highest BCUT2D eigenvalue weighted by Crippen LogP contribution is 2.68. The molecule has 4 aliphatic rings. The Morgan fingerprint density at radius 3 is 2.37 bits per heavy atom. The van der Waals surface area contributed by atoms with Crippen molar-refractivity contribution in [2.45, 2.75) is 116 Å². The second-order valence-corrected chi connectivity index (χ2v) is 18.4. The summed E-state index contributed by atoms with van der Waals surface area (Å²) in [6.45, 7) is 12.2. The number of anilines is 1. The molecule has 2 N–H and O–H groups in total. The minimum Gasteiger partial charge on any atom is -0.393 e. The van der Waals surface area contributed by atoms with Crippen molar-refractivity contribution in [1.29, 1.82) is 0 Å². The topological polar surface area (TPSA) is 82.0 Å². The van der Waals surface area contributed by atoms with Crippen molar-refractivity contribution in [1.82, 2.24) is 4.83 Å². The van der Waals surface area contributed by atoms with E-state index in [4.69, 9.17) is 5.10 Å². The van der Waals surface area contributed by atoms with Gasteiger partial charge in [-0.25, -0.2) is 4.83 Å². The van der Waals surface area contributed by atoms with E-state index < -0.39 is 10.0 Å². The highest BCUT2D eigenvalue weighted by Gasteiger charge is 2.62. The normalized spacial score (nSPS) is 35.9. The first-order valence-corrected chi connectivity index (χ1v) is 19.7. The predicted octanol–water partition coefficient (Wildman–Crippen LogP) is 8.63. The number of nitrogens with one attached hydrogen (secondary N) is 1. The van der Waals surface area contributed by atoms with Crippen LogP contribution in [0.5, 0.6) is 0 Å². The van der Waals surface area contributed by atoms with Crippen LogP contribution in [0.25, 0.3) is 10.8 Å². The van der Waals surface area contributed by atoms with Crippen LogP contribution >= 0.6 is 0 Å². The summed E-state index contributed by atoms with van der Waals surface area (Å²) in [4.78, 5) is 5.01. The molecule has 0 saturated heterocycles. The van der Waals surface area contributed by atoms with Gasteiger partial charge in [0.05, 0.1) is 11.0 Å². The SMILES string of the molecule is CC(C)CCCC(C)C1CCC2C3C/C(=N/NS(=O)(=O)c4cccc5c(N(C)C)cccc45)C4CC(O)CCC4(C)C3CCC12C. The first-order chi connectivity index (χ1) is 21.8. The van der Waals surface area contributed by atoms with Gasteiger partial charge in [0.2, 0.25) is 0 Å². The molecule has 0 heterocycles. The third kappa shape index (κ3) is 5.90. The van der Waals surface area contributed by atoms with E-state index >= 15 is 0 Å². The molecule has 0 aliphatic heterocycles. The molecule has 6 rings (SSSR count). The van der Waals surface area contributed by atoms with Gasteiger partial charge in [-0.3, -0.25) is 0 Å². The fourth-order valence-electron chi connectivity index (χ4n) is 11.3. The van der Waals surface area contributed by atoms with E-state index in [9.17, 15) is 13.5 Å². The smallest absolute Gasteiger partial charge is 0.277 e. The number of fused-ring (bicyclic) bond motifs is 6. The second-order valence-electron chi connectivity index (χ2n) is 16.8. The fraction of sp³-hybridized carbons (Fsp3) is 0.718. The Morgan fingerprint density at radius 1 is 0.935 bits per heavy atom. The van der Waals surface area contributed by atoms with Crippen LogP contribution in [0.2, 0.25) is 0 Å². The quantitative estimate of drug-likeness (QED) is 0.267. The van der Waals surface area contributed by atoms with Gasteiger partial charge in [-0.05, 0) is 110 Å². The maximum Gasteiger partial charge on any atom is 0.277 e. The lowest BCUT2D eigenvalue weighted by Gasteiger charge is -2.61. The molecule has 0 amide bonds. The highest BCUT2D eigenvalue weighted by atomic mass is 32.2. The molecule has 2 aromatic rings. The van der Waals surface area contributed by atoms with Crippen molar-refractivity contribution in [3.05, 3.63) is 36.4 Å². The maximum absolute atomic E-state index is 14.0. The Bertz CT molecular complexity index is 1550. The molecule has 254 valence electrons. The summed E-state index contributed by atoms with van der Waals surface area (Å²) < 4.78 is 27.9. The van der Waals surface area contributed by atoms with Crippen molar-refractivity contribution >= 4 is 32.2 Å². The average molecular weight is 650 g/mol. The molecule has 4 saturated carbocycles. The van der Waals surface area contributed by atoms with Crippen molar-refractivity contribution < 1.29 is 13.5 Å². The summed E-state index contributed by atoms with van der Waals surface area (Å²) in [5.74, 6) is 4.16. The van der Waals surface area contributed by atoms with E-state index in [2.05, 4.69) is 39.4 Å². The van der Waals surface area contributed by atoms with Crippen molar-refractivity contribution in [3.8, 4) is 0 Å². The number of benzene rings is 2. The summed E-state index contributed by atoms with van der Waals surface area (Å²) in [5.41, 5.74) is 2.33. The molecule has 46 heavy (non-hydrogen) atoms. The number of nitrogens with zero attached hydrogens (tertiary/aromatic N) is 2. The van der Waals surface area contributed by atoms with E-state index in [1.165, 1.54) is 44.9 Å². The molecule has 7 heteroatoms. The number of hydrogen-bond acceptors (Lipinski definition) is 5. The van der Waals surface area contributed by atoms with Crippen molar-refractivity contribution in [3.63, 3.8) is 0 Å². The summed E-state index contributed by atoms with van der Waals surface area (Å²) in [6, 6.07) is 11.3. The molecule has 9 atom stereocenters. The Hall–Kier alpha value is -2.12. The molecule has 0 spiro atoms. The lowest BCUT2D eigenvalue weighted by atomic mass is 9.44. The van der Waals surface area contributed by atoms with Crippen LogP contribution in [0.15, 0.2) is 46.4 Å². The molecule has 9 unspecified atom stereocenters. The first kappa shape index (κ1) is 33.8. The van der Waals surface area contributed by atoms with Crippen LogP contribution < -0.4 is 9.73 Å². The third-order valence-corrected chi connectivity index (χ3v) is 14.9. The first-order valence-electron chi connectivity index (χ1n) is 18.2. The Labute approximate surface area is 278 Å². The second kappa shape index (κ2) is 12.7. The van der Waals surface area contributed by atoms with E-state index in [0.29, 0.717) is 35.0 Å². The van der Waals surface area contributed by atoms with Gasteiger partial charge in [0, 0.05) is 42.2 Å². The highest BCUT2D eigenvalue weighted by molar-refractivity contribution is 7.89. The predicted molar refractivity (Wildman–Crippen MR) is 190 cm³/mol. The van der Waals surface area contributed by atoms with Crippen LogP contribution in [0.1, 0.15) is 105 Å². The summed E-state index contributed by atoms with van der Waals surface area (Å²) in [6.07, 6.45) is 12.1. The molecular weight excluding hydrogens is 591 g/mol. The van der Waals surface area contributed by atoms with Crippen LogP contribution in [0.4, 0.5) is 5.69 Å². The summed E-state index contributed by atoms with van der Waals surface area (Å²) in [5, 5.41) is 17.3. The fourth-order valence-corrected chi connectivity index (χ4v) is 12.3. The summed E-state index contributed by atoms with van der Waals surface area (Å²) in [7, 11) is 0.0369. The maximum atomic E-state index is 14.0. The molecular formula is C39H59N3O3S. The number of hydrogen-bond donors (Lipinski definition) is 2. The molecule has 4 aliphatic carbocycles. The third-order valence-electron chi connectivity index (χ3n) is 13.6. The van der Waals surface area contributed by atoms with Crippen molar-refractivity contribution in [2.75, 3.05) is 19.0 Å². The Kier molecular flexibility index (Phi) is 9.34. The number of sulfonamides is 1. The van der Waals surface area contributed by atoms with Crippen LogP contribution in [0.3, 0.4) is 0 Å². The number of aliphatic hydroxyl groups is 1. The van der Waals surface area contributed by atoms with Gasteiger partial charge in [0.25, 0.3) is 10.0 Å². The van der Waals surface area contributed by atoms with Gasteiger partial charge >= 0.3 is 0 Å². The lowest BCUT2D eigenvalue weighted by Crippen LogP contribution is -2.57. The van der Waals surface area contributed by atoms with Gasteiger partial charge < -0.3 is 10.0 Å². The molecule has 0 aromatic heterocycles. The van der Waals surface area contributed by atoms with E-state index in [1.54, 1.807) is 6.07 Å². The van der Waals surface area contributed by atoms with Gasteiger partial charge in [0.1, 0.15) is 0 Å². The van der Waals surface area contributed by atoms with Gasteiger partial charge in [-0.2, -0.15) is 13.5 Å². The molecule has 0 bridgehead atoms. The average Bonchev–Trinajstić information content (AvgIpc) is 3.37. The lowest BCUT2D eigenvalue weighted by molar-refractivity contribution is -0.0939. The largest absolute Gasteiger partial charge is 0.393 e. The van der Waals surface area contributed by atoms with E-state index in [0.717, 1.165) is 53.8 Å². The molecule has 0 radical (unpaired) electrons. The molecule has 2 aromatic carbocycles. The summed E-state index contributed by atoms with van der Waals surface area (Å²) >= 11 is 0. The minimum absolute atomic E-state index is 0.0365. The van der Waals surface area contributed by atoms with Crippen LogP contribution in [0, 0.1) is 52.3 Å². The zero-order valence-corrected chi connectivity index (χ0v) is 30.2. The molecule has 6 nitrogen and oxygen atoms in total.